The van der Waals surface area contributed by atoms with Crippen molar-refractivity contribution in [1.82, 2.24) is 0 Å². The highest BCUT2D eigenvalue weighted by Gasteiger charge is 2.31. The molecule has 0 radical (unpaired) electrons. The number of rotatable bonds is 0. The Labute approximate surface area is 60.6 Å². The summed E-state index contributed by atoms with van der Waals surface area (Å²) in [6.45, 7) is 3.66. The van der Waals surface area contributed by atoms with Gasteiger partial charge in [-0.05, 0) is 13.8 Å². The molecule has 0 aromatic heterocycles. The lowest BCUT2D eigenvalue weighted by molar-refractivity contribution is -0.156. The highest BCUT2D eigenvalue weighted by molar-refractivity contribution is 4.80. The fourth-order valence-corrected chi connectivity index (χ4v) is 1.29. The Kier molecular flexibility index (Phi) is 2.28. The molecule has 3 unspecified atom stereocenters. The summed E-state index contributed by atoms with van der Waals surface area (Å²) < 4.78 is 5.26. The van der Waals surface area contributed by atoms with Crippen molar-refractivity contribution in [3.63, 3.8) is 0 Å². The average Bonchev–Trinajstić information content (AvgIpc) is 1.82. The van der Waals surface area contributed by atoms with Gasteiger partial charge in [-0.15, -0.1) is 0 Å². The molecular weight excluding hydrogens is 132 g/mol. The van der Waals surface area contributed by atoms with E-state index in [-0.39, 0.29) is 12.2 Å². The van der Waals surface area contributed by atoms with E-state index in [4.69, 9.17) is 4.74 Å². The second-order valence-corrected chi connectivity index (χ2v) is 2.95. The second kappa shape index (κ2) is 2.86. The first-order valence-corrected chi connectivity index (χ1v) is 3.63. The first-order chi connectivity index (χ1) is 4.61. The summed E-state index contributed by atoms with van der Waals surface area (Å²) in [5.74, 6) is 0. The third kappa shape index (κ3) is 1.48. The van der Waals surface area contributed by atoms with Crippen LogP contribution in [0.4, 0.5) is 0 Å². The summed E-state index contributed by atoms with van der Waals surface area (Å²) >= 11 is 0. The normalized spacial score (nSPS) is 49.2. The van der Waals surface area contributed by atoms with E-state index in [1.54, 1.807) is 6.92 Å². The molecule has 1 rings (SSSR count). The van der Waals surface area contributed by atoms with Crippen LogP contribution in [0.2, 0.25) is 0 Å². The summed E-state index contributed by atoms with van der Waals surface area (Å²) in [5, 5.41) is 18.4. The smallest absolute Gasteiger partial charge is 0.106 e. The van der Waals surface area contributed by atoms with Crippen LogP contribution in [0, 0.1) is 0 Å². The molecule has 0 saturated carbocycles. The number of hydrogen-bond donors (Lipinski definition) is 2. The lowest BCUT2D eigenvalue weighted by atomic mass is 10.00. The van der Waals surface area contributed by atoms with Crippen molar-refractivity contribution in [2.45, 2.75) is 44.7 Å². The highest BCUT2D eigenvalue weighted by Crippen LogP contribution is 2.19. The number of aliphatic hydroxyl groups excluding tert-OH is 2. The zero-order chi connectivity index (χ0) is 7.72. The summed E-state index contributed by atoms with van der Waals surface area (Å²) in [5.41, 5.74) is 0. The quantitative estimate of drug-likeness (QED) is 0.502. The van der Waals surface area contributed by atoms with Crippen molar-refractivity contribution in [1.29, 1.82) is 0 Å². The van der Waals surface area contributed by atoms with Gasteiger partial charge in [0.05, 0.1) is 18.3 Å². The molecule has 10 heavy (non-hydrogen) atoms. The van der Waals surface area contributed by atoms with Crippen LogP contribution in [0.5, 0.6) is 0 Å². The Balaban J connectivity index is 2.49. The number of hydrogen-bond acceptors (Lipinski definition) is 3. The van der Waals surface area contributed by atoms with E-state index in [0.717, 1.165) is 0 Å². The van der Waals surface area contributed by atoms with Gasteiger partial charge in [0.25, 0.3) is 0 Å². The van der Waals surface area contributed by atoms with Gasteiger partial charge >= 0.3 is 0 Å². The Morgan fingerprint density at radius 1 is 1.30 bits per heavy atom. The van der Waals surface area contributed by atoms with Crippen molar-refractivity contribution < 1.29 is 14.9 Å². The molecule has 1 heterocycles. The van der Waals surface area contributed by atoms with E-state index < -0.39 is 12.2 Å². The lowest BCUT2D eigenvalue weighted by Gasteiger charge is -2.33. The summed E-state index contributed by atoms with van der Waals surface area (Å²) in [4.78, 5) is 0. The van der Waals surface area contributed by atoms with E-state index in [1.807, 2.05) is 6.92 Å². The van der Waals surface area contributed by atoms with Gasteiger partial charge in [-0.25, -0.2) is 0 Å². The topological polar surface area (TPSA) is 49.7 Å². The maximum Gasteiger partial charge on any atom is 0.106 e. The van der Waals surface area contributed by atoms with Crippen LogP contribution in [0.3, 0.4) is 0 Å². The molecule has 0 amide bonds. The third-order valence-electron chi connectivity index (χ3n) is 1.90. The molecule has 2 N–H and O–H groups in total. The van der Waals surface area contributed by atoms with E-state index in [1.165, 1.54) is 0 Å². The molecule has 0 spiro atoms. The van der Waals surface area contributed by atoms with Crippen LogP contribution in [0.1, 0.15) is 20.3 Å². The molecule has 4 atom stereocenters. The predicted octanol–water partition coefficient (Wildman–Crippen LogP) is -0.0945. The molecule has 1 aliphatic rings. The van der Waals surface area contributed by atoms with Crippen molar-refractivity contribution in [2.75, 3.05) is 0 Å². The van der Waals surface area contributed by atoms with Crippen LogP contribution in [0.15, 0.2) is 0 Å². The van der Waals surface area contributed by atoms with Crippen LogP contribution < -0.4 is 0 Å². The fourth-order valence-electron chi connectivity index (χ4n) is 1.29. The maximum atomic E-state index is 9.19. The molecule has 1 fully saturated rings. The van der Waals surface area contributed by atoms with Crippen molar-refractivity contribution in [3.05, 3.63) is 0 Å². The zero-order valence-electron chi connectivity index (χ0n) is 6.32. The zero-order valence-corrected chi connectivity index (χ0v) is 6.32. The first kappa shape index (κ1) is 7.98. The first-order valence-electron chi connectivity index (χ1n) is 3.63. The van der Waals surface area contributed by atoms with Gasteiger partial charge in [0.15, 0.2) is 0 Å². The number of aliphatic hydroxyl groups is 2. The summed E-state index contributed by atoms with van der Waals surface area (Å²) in [6.07, 6.45) is -0.965. The van der Waals surface area contributed by atoms with Gasteiger partial charge in [0, 0.05) is 6.42 Å². The van der Waals surface area contributed by atoms with E-state index in [9.17, 15) is 10.2 Å². The van der Waals surface area contributed by atoms with E-state index >= 15 is 0 Å². The van der Waals surface area contributed by atoms with Gasteiger partial charge in [0.1, 0.15) is 6.10 Å². The number of ether oxygens (including phenoxy) is 1. The third-order valence-corrected chi connectivity index (χ3v) is 1.90. The average molecular weight is 146 g/mol. The maximum absolute atomic E-state index is 9.19. The van der Waals surface area contributed by atoms with Crippen molar-refractivity contribution in [2.24, 2.45) is 0 Å². The Bertz CT molecular complexity index is 103. The predicted molar refractivity (Wildman–Crippen MR) is 36.6 cm³/mol. The van der Waals surface area contributed by atoms with Gasteiger partial charge in [-0.1, -0.05) is 0 Å². The van der Waals surface area contributed by atoms with E-state index in [0.29, 0.717) is 6.42 Å². The lowest BCUT2D eigenvalue weighted by Crippen LogP contribution is -2.45. The van der Waals surface area contributed by atoms with Gasteiger partial charge in [-0.3, -0.25) is 0 Å². The van der Waals surface area contributed by atoms with Crippen LogP contribution in [0.25, 0.3) is 0 Å². The Hall–Kier alpha value is -0.120. The van der Waals surface area contributed by atoms with Crippen LogP contribution in [-0.4, -0.2) is 34.6 Å². The van der Waals surface area contributed by atoms with E-state index in [2.05, 4.69) is 0 Å². The Morgan fingerprint density at radius 2 is 1.90 bits per heavy atom. The van der Waals surface area contributed by atoms with Gasteiger partial charge < -0.3 is 14.9 Å². The van der Waals surface area contributed by atoms with Gasteiger partial charge in [0.2, 0.25) is 0 Å². The Morgan fingerprint density at radius 3 is 2.40 bits per heavy atom. The van der Waals surface area contributed by atoms with Gasteiger partial charge in [-0.2, -0.15) is 0 Å². The minimum Gasteiger partial charge on any atom is -0.390 e. The molecule has 1 aliphatic heterocycles. The minimum absolute atomic E-state index is 0.0633. The summed E-state index contributed by atoms with van der Waals surface area (Å²) in [7, 11) is 0. The molecule has 0 aromatic carbocycles. The standard InChI is InChI=1S/C7H14O3/c1-4-3-6(8)7(9)5(2)10-4/h4-9H,3H2,1-2H3/t4-,5?,6?,7?/m1/s1. The molecule has 3 nitrogen and oxygen atoms in total. The van der Waals surface area contributed by atoms with Crippen molar-refractivity contribution in [3.8, 4) is 0 Å². The van der Waals surface area contributed by atoms with Crippen LogP contribution >= 0.6 is 0 Å². The van der Waals surface area contributed by atoms with Crippen LogP contribution in [-0.2, 0) is 4.74 Å². The molecule has 60 valence electrons. The largest absolute Gasteiger partial charge is 0.390 e. The fraction of sp³-hybridized carbons (Fsp3) is 1.00. The second-order valence-electron chi connectivity index (χ2n) is 2.95. The molecule has 0 bridgehead atoms. The molecule has 3 heteroatoms. The minimum atomic E-state index is -0.712. The molecule has 0 aromatic rings. The highest BCUT2D eigenvalue weighted by atomic mass is 16.5. The van der Waals surface area contributed by atoms with Crippen molar-refractivity contribution >= 4 is 0 Å². The molecular formula is C7H14O3. The molecule has 0 aliphatic carbocycles. The molecule has 1 saturated heterocycles. The summed E-state index contributed by atoms with van der Waals surface area (Å²) in [6, 6.07) is 0. The SMILES string of the molecule is CC1O[C@H](C)CC(O)C1O. The monoisotopic (exact) mass is 146 g/mol.